The molecule has 1 aromatic rings. The Morgan fingerprint density at radius 1 is 1.56 bits per heavy atom. The molecule has 0 aromatic carbocycles. The molecule has 1 unspecified atom stereocenters. The summed E-state index contributed by atoms with van der Waals surface area (Å²) >= 11 is 0. The number of carbonyl (C=O) groups excluding carboxylic acids is 1. The summed E-state index contributed by atoms with van der Waals surface area (Å²) in [6.07, 6.45) is 5.48. The van der Waals surface area contributed by atoms with Gasteiger partial charge in [-0.25, -0.2) is 0 Å². The highest BCUT2D eigenvalue weighted by molar-refractivity contribution is 5.93. The number of aryl methyl sites for hydroxylation is 1. The smallest absolute Gasteiger partial charge is 0.272 e. The second-order valence-electron chi connectivity index (χ2n) is 4.83. The number of rotatable bonds is 3. The molecule has 4 nitrogen and oxygen atoms in total. The number of aromatic nitrogens is 1. The third kappa shape index (κ3) is 2.70. The normalized spacial score (nSPS) is 19.9. The molecule has 1 aromatic heterocycles. The molecule has 0 saturated carbocycles. The van der Waals surface area contributed by atoms with E-state index in [1.165, 1.54) is 0 Å². The molecule has 1 aliphatic rings. The third-order valence-electron chi connectivity index (χ3n) is 3.56. The Hall–Kier alpha value is -1.42. The van der Waals surface area contributed by atoms with E-state index in [2.05, 4.69) is 4.98 Å². The van der Waals surface area contributed by atoms with Crippen molar-refractivity contribution in [3.05, 3.63) is 29.6 Å². The minimum atomic E-state index is 0.00579. The summed E-state index contributed by atoms with van der Waals surface area (Å²) in [7, 11) is 0. The van der Waals surface area contributed by atoms with Gasteiger partial charge in [0.1, 0.15) is 5.69 Å². The molecule has 2 heterocycles. The molecule has 0 aliphatic carbocycles. The molecular formula is C14H20N2O2. The maximum Gasteiger partial charge on any atom is 0.272 e. The molecule has 1 amide bonds. The van der Waals surface area contributed by atoms with Crippen LogP contribution in [0.5, 0.6) is 0 Å². The fourth-order valence-corrected chi connectivity index (χ4v) is 2.56. The summed E-state index contributed by atoms with van der Waals surface area (Å²) in [6, 6.07) is 3.91. The first kappa shape index (κ1) is 13.0. The largest absolute Gasteiger partial charge is 0.396 e. The third-order valence-corrected chi connectivity index (χ3v) is 3.56. The SMILES string of the molecule is Cc1cccnc1C(=O)N1CCCCC1CCO. The number of amides is 1. The van der Waals surface area contributed by atoms with Crippen LogP contribution in [0.15, 0.2) is 18.3 Å². The fraction of sp³-hybridized carbons (Fsp3) is 0.571. The van der Waals surface area contributed by atoms with Crippen molar-refractivity contribution >= 4 is 5.91 Å². The molecule has 98 valence electrons. The molecule has 0 spiro atoms. The number of aliphatic hydroxyl groups is 1. The lowest BCUT2D eigenvalue weighted by Gasteiger charge is -2.35. The summed E-state index contributed by atoms with van der Waals surface area (Å²) in [5.41, 5.74) is 1.46. The Kier molecular flexibility index (Phi) is 4.31. The average Bonchev–Trinajstić information content (AvgIpc) is 2.40. The maximum absolute atomic E-state index is 12.5. The van der Waals surface area contributed by atoms with E-state index >= 15 is 0 Å². The molecular weight excluding hydrogens is 228 g/mol. The van der Waals surface area contributed by atoms with Crippen molar-refractivity contribution in [3.8, 4) is 0 Å². The number of nitrogens with zero attached hydrogens (tertiary/aromatic N) is 2. The first-order valence-electron chi connectivity index (χ1n) is 6.57. The Bertz CT molecular complexity index is 418. The zero-order chi connectivity index (χ0) is 13.0. The van der Waals surface area contributed by atoms with Crippen molar-refractivity contribution in [1.82, 2.24) is 9.88 Å². The molecule has 1 saturated heterocycles. The van der Waals surface area contributed by atoms with Crippen LogP contribution in [0.4, 0.5) is 0 Å². The number of pyridine rings is 1. The number of carbonyl (C=O) groups is 1. The molecule has 1 fully saturated rings. The summed E-state index contributed by atoms with van der Waals surface area (Å²) in [5.74, 6) is 0.00579. The summed E-state index contributed by atoms with van der Waals surface area (Å²) in [6.45, 7) is 2.82. The van der Waals surface area contributed by atoms with Crippen LogP contribution in [0.25, 0.3) is 0 Å². The van der Waals surface area contributed by atoms with E-state index in [9.17, 15) is 4.79 Å². The van der Waals surface area contributed by atoms with Gasteiger partial charge in [0.15, 0.2) is 0 Å². The van der Waals surface area contributed by atoms with Crippen molar-refractivity contribution in [3.63, 3.8) is 0 Å². The van der Waals surface area contributed by atoms with Gasteiger partial charge in [-0.15, -0.1) is 0 Å². The van der Waals surface area contributed by atoms with Gasteiger partial charge < -0.3 is 10.0 Å². The Morgan fingerprint density at radius 3 is 3.11 bits per heavy atom. The minimum Gasteiger partial charge on any atom is -0.396 e. The van der Waals surface area contributed by atoms with Crippen LogP contribution < -0.4 is 0 Å². The number of hydrogen-bond acceptors (Lipinski definition) is 3. The predicted molar refractivity (Wildman–Crippen MR) is 69.4 cm³/mol. The van der Waals surface area contributed by atoms with Crippen LogP contribution in [0.3, 0.4) is 0 Å². The van der Waals surface area contributed by atoms with Gasteiger partial charge >= 0.3 is 0 Å². The van der Waals surface area contributed by atoms with Gasteiger partial charge in [0.25, 0.3) is 5.91 Å². The zero-order valence-electron chi connectivity index (χ0n) is 10.8. The summed E-state index contributed by atoms with van der Waals surface area (Å²) < 4.78 is 0. The van der Waals surface area contributed by atoms with Crippen LogP contribution in [0, 0.1) is 6.92 Å². The lowest BCUT2D eigenvalue weighted by Crippen LogP contribution is -2.44. The van der Waals surface area contributed by atoms with Gasteiger partial charge in [0, 0.05) is 25.4 Å². The van der Waals surface area contributed by atoms with Crippen LogP contribution in [-0.2, 0) is 0 Å². The number of piperidine rings is 1. The van der Waals surface area contributed by atoms with E-state index in [0.717, 1.165) is 31.4 Å². The molecule has 4 heteroatoms. The lowest BCUT2D eigenvalue weighted by atomic mass is 9.98. The quantitative estimate of drug-likeness (QED) is 0.887. The fourth-order valence-electron chi connectivity index (χ4n) is 2.56. The Morgan fingerprint density at radius 2 is 2.39 bits per heavy atom. The van der Waals surface area contributed by atoms with Crippen LogP contribution in [0.1, 0.15) is 41.7 Å². The van der Waals surface area contributed by atoms with Crippen molar-refractivity contribution in [2.24, 2.45) is 0 Å². The van der Waals surface area contributed by atoms with Crippen LogP contribution >= 0.6 is 0 Å². The van der Waals surface area contributed by atoms with Crippen molar-refractivity contribution in [2.45, 2.75) is 38.6 Å². The minimum absolute atomic E-state index is 0.00579. The van der Waals surface area contributed by atoms with Crippen molar-refractivity contribution < 1.29 is 9.90 Å². The lowest BCUT2D eigenvalue weighted by molar-refractivity contribution is 0.0568. The monoisotopic (exact) mass is 248 g/mol. The molecule has 0 bridgehead atoms. The van der Waals surface area contributed by atoms with Gasteiger partial charge in [-0.1, -0.05) is 6.07 Å². The first-order valence-corrected chi connectivity index (χ1v) is 6.57. The molecule has 1 N–H and O–H groups in total. The standard InChI is InChI=1S/C14H20N2O2/c1-11-5-4-8-15-13(11)14(18)16-9-3-2-6-12(16)7-10-17/h4-5,8,12,17H,2-3,6-7,9-10H2,1H3. The number of hydrogen-bond donors (Lipinski definition) is 1. The molecule has 1 aliphatic heterocycles. The Balaban J connectivity index is 2.18. The zero-order valence-corrected chi connectivity index (χ0v) is 10.8. The van der Waals surface area contributed by atoms with Crippen LogP contribution in [-0.4, -0.2) is 40.1 Å². The predicted octanol–water partition coefficient (Wildman–Crippen LogP) is 1.77. The number of likely N-dealkylation sites (tertiary alicyclic amines) is 1. The summed E-state index contributed by atoms with van der Waals surface area (Å²) in [4.78, 5) is 18.6. The highest BCUT2D eigenvalue weighted by Gasteiger charge is 2.28. The highest BCUT2D eigenvalue weighted by atomic mass is 16.3. The van der Waals surface area contributed by atoms with E-state index in [0.29, 0.717) is 12.1 Å². The second kappa shape index (κ2) is 5.96. The Labute approximate surface area is 108 Å². The van der Waals surface area contributed by atoms with Gasteiger partial charge in [0.2, 0.25) is 0 Å². The van der Waals surface area contributed by atoms with Gasteiger partial charge in [-0.2, -0.15) is 0 Å². The molecule has 2 rings (SSSR count). The van der Waals surface area contributed by atoms with Gasteiger partial charge in [-0.05, 0) is 44.2 Å². The van der Waals surface area contributed by atoms with Gasteiger partial charge in [0.05, 0.1) is 0 Å². The topological polar surface area (TPSA) is 53.4 Å². The molecule has 0 radical (unpaired) electrons. The maximum atomic E-state index is 12.5. The summed E-state index contributed by atoms with van der Waals surface area (Å²) in [5, 5.41) is 9.09. The van der Waals surface area contributed by atoms with Crippen molar-refractivity contribution in [1.29, 1.82) is 0 Å². The van der Waals surface area contributed by atoms with Crippen molar-refractivity contribution in [2.75, 3.05) is 13.2 Å². The molecule has 18 heavy (non-hydrogen) atoms. The van der Waals surface area contributed by atoms with E-state index in [1.807, 2.05) is 24.0 Å². The van der Waals surface area contributed by atoms with Crippen LogP contribution in [0.2, 0.25) is 0 Å². The van der Waals surface area contributed by atoms with E-state index < -0.39 is 0 Å². The first-order chi connectivity index (χ1) is 8.74. The van der Waals surface area contributed by atoms with E-state index in [-0.39, 0.29) is 18.6 Å². The number of aliphatic hydroxyl groups excluding tert-OH is 1. The molecule has 1 atom stereocenters. The van der Waals surface area contributed by atoms with Gasteiger partial charge in [-0.3, -0.25) is 9.78 Å². The van der Waals surface area contributed by atoms with E-state index in [4.69, 9.17) is 5.11 Å². The highest BCUT2D eigenvalue weighted by Crippen LogP contribution is 2.22. The average molecular weight is 248 g/mol. The second-order valence-corrected chi connectivity index (χ2v) is 4.83. The van der Waals surface area contributed by atoms with E-state index in [1.54, 1.807) is 6.20 Å².